The number of rotatable bonds is 6. The number of hydrogen-bond donors (Lipinski definition) is 2. The number of amides is 1. The van der Waals surface area contributed by atoms with Crippen molar-refractivity contribution in [1.29, 1.82) is 0 Å². The minimum absolute atomic E-state index is 0.107. The first-order valence-corrected chi connectivity index (χ1v) is 8.66. The molecule has 29 heavy (non-hydrogen) atoms. The van der Waals surface area contributed by atoms with Crippen LogP contribution >= 0.6 is 11.6 Å². The molecule has 0 spiro atoms. The van der Waals surface area contributed by atoms with E-state index in [2.05, 4.69) is 10.1 Å². The standard InChI is InChI=1S/C16H15ClF5N5O2/c17-10-2-1-8(5-9(10)12-24-7-25-27(12)13(18)19)11(23)6-29-14(28)26-15(3-4-15)16(20,21)22/h1-2,5,7,11,13H,3-4,6,23H2,(H,26,28). The highest BCUT2D eigenvalue weighted by Gasteiger charge is 2.64. The molecule has 1 aliphatic rings. The molecule has 1 atom stereocenters. The van der Waals surface area contributed by atoms with E-state index in [0.29, 0.717) is 10.2 Å². The number of carbonyl (C=O) groups is 1. The maximum atomic E-state index is 13.0. The number of carbonyl (C=O) groups excluding carboxylic acids is 1. The monoisotopic (exact) mass is 439 g/mol. The maximum Gasteiger partial charge on any atom is 0.411 e. The van der Waals surface area contributed by atoms with Crippen LogP contribution in [0.25, 0.3) is 11.4 Å². The smallest absolute Gasteiger partial charge is 0.411 e. The summed E-state index contributed by atoms with van der Waals surface area (Å²) < 4.78 is 69.8. The van der Waals surface area contributed by atoms with Crippen molar-refractivity contribution in [2.75, 3.05) is 6.61 Å². The van der Waals surface area contributed by atoms with Gasteiger partial charge in [-0.2, -0.15) is 31.7 Å². The van der Waals surface area contributed by atoms with Crippen LogP contribution < -0.4 is 11.1 Å². The molecule has 158 valence electrons. The highest BCUT2D eigenvalue weighted by atomic mass is 35.5. The molecule has 1 unspecified atom stereocenters. The van der Waals surface area contributed by atoms with Crippen LogP contribution in [0.15, 0.2) is 24.5 Å². The van der Waals surface area contributed by atoms with Gasteiger partial charge in [0, 0.05) is 5.56 Å². The molecular weight excluding hydrogens is 425 g/mol. The van der Waals surface area contributed by atoms with Crippen LogP contribution in [-0.4, -0.2) is 39.2 Å². The minimum Gasteiger partial charge on any atom is -0.448 e. The summed E-state index contributed by atoms with van der Waals surface area (Å²) in [6, 6.07) is 3.29. The number of alkyl halides is 5. The first-order chi connectivity index (χ1) is 13.5. The van der Waals surface area contributed by atoms with Gasteiger partial charge in [0.25, 0.3) is 0 Å². The number of nitrogens with one attached hydrogen (secondary N) is 1. The molecule has 0 saturated heterocycles. The Hall–Kier alpha value is -2.47. The number of nitrogens with zero attached hydrogens (tertiary/aromatic N) is 3. The Kier molecular flexibility index (Phi) is 5.68. The molecule has 1 fully saturated rings. The van der Waals surface area contributed by atoms with Gasteiger partial charge in [0.15, 0.2) is 5.82 Å². The third-order valence-corrected chi connectivity index (χ3v) is 4.77. The Morgan fingerprint density at radius 1 is 1.38 bits per heavy atom. The quantitative estimate of drug-likeness (QED) is 0.667. The molecule has 0 bridgehead atoms. The SMILES string of the molecule is NC(COC(=O)NC1(C(F)(F)F)CC1)c1ccc(Cl)c(-c2ncnn2C(F)F)c1. The van der Waals surface area contributed by atoms with Crippen molar-refractivity contribution in [3.63, 3.8) is 0 Å². The second-order valence-electron chi connectivity index (χ2n) is 6.45. The summed E-state index contributed by atoms with van der Waals surface area (Å²) >= 11 is 6.05. The Bertz CT molecular complexity index is 900. The molecule has 3 rings (SSSR count). The van der Waals surface area contributed by atoms with E-state index in [1.807, 2.05) is 5.32 Å². The third kappa shape index (κ3) is 4.42. The summed E-state index contributed by atoms with van der Waals surface area (Å²) in [6.45, 7) is -3.39. The van der Waals surface area contributed by atoms with E-state index in [1.54, 1.807) is 0 Å². The van der Waals surface area contributed by atoms with E-state index in [9.17, 15) is 26.7 Å². The average molecular weight is 440 g/mol. The van der Waals surface area contributed by atoms with Gasteiger partial charge < -0.3 is 15.8 Å². The highest BCUT2D eigenvalue weighted by Crippen LogP contribution is 2.48. The number of hydrogen-bond acceptors (Lipinski definition) is 5. The zero-order valence-corrected chi connectivity index (χ0v) is 15.3. The van der Waals surface area contributed by atoms with E-state index >= 15 is 0 Å². The fraction of sp³-hybridized carbons (Fsp3) is 0.438. The molecular formula is C16H15ClF5N5O2. The van der Waals surface area contributed by atoms with Crippen LogP contribution in [0.4, 0.5) is 26.7 Å². The van der Waals surface area contributed by atoms with Crippen LogP contribution in [0.2, 0.25) is 5.02 Å². The van der Waals surface area contributed by atoms with E-state index < -0.39 is 37.0 Å². The molecule has 13 heteroatoms. The van der Waals surface area contributed by atoms with Crippen LogP contribution in [0.3, 0.4) is 0 Å². The average Bonchev–Trinajstić information content (AvgIpc) is 3.26. The van der Waals surface area contributed by atoms with Crippen molar-refractivity contribution in [2.24, 2.45) is 5.73 Å². The third-order valence-electron chi connectivity index (χ3n) is 4.45. The molecule has 1 aromatic heterocycles. The molecule has 2 aromatic rings. The Morgan fingerprint density at radius 2 is 2.07 bits per heavy atom. The second-order valence-corrected chi connectivity index (χ2v) is 6.86. The highest BCUT2D eigenvalue weighted by molar-refractivity contribution is 6.33. The number of nitrogens with two attached hydrogens (primary N) is 1. The van der Waals surface area contributed by atoms with Gasteiger partial charge in [-0.1, -0.05) is 17.7 Å². The summed E-state index contributed by atoms with van der Waals surface area (Å²) in [4.78, 5) is 15.5. The van der Waals surface area contributed by atoms with Crippen LogP contribution in [0, 0.1) is 0 Å². The van der Waals surface area contributed by atoms with Crippen molar-refractivity contribution in [1.82, 2.24) is 20.1 Å². The van der Waals surface area contributed by atoms with E-state index in [0.717, 1.165) is 6.33 Å². The van der Waals surface area contributed by atoms with Gasteiger partial charge in [-0.05, 0) is 30.5 Å². The maximum absolute atomic E-state index is 13.0. The summed E-state index contributed by atoms with van der Waals surface area (Å²) in [5, 5.41) is 5.34. The van der Waals surface area contributed by atoms with Crippen LogP contribution in [-0.2, 0) is 4.74 Å². The molecule has 0 aliphatic heterocycles. The topological polar surface area (TPSA) is 95.1 Å². The van der Waals surface area contributed by atoms with Gasteiger partial charge in [-0.3, -0.25) is 0 Å². The number of alkyl carbamates (subject to hydrolysis) is 1. The molecule has 0 radical (unpaired) electrons. The second kappa shape index (κ2) is 7.75. The molecule has 1 amide bonds. The molecule has 1 saturated carbocycles. The van der Waals surface area contributed by atoms with Gasteiger partial charge in [0.2, 0.25) is 0 Å². The molecule has 7 nitrogen and oxygen atoms in total. The fourth-order valence-electron chi connectivity index (χ4n) is 2.63. The Labute approximate surface area is 166 Å². The van der Waals surface area contributed by atoms with E-state index in [4.69, 9.17) is 22.1 Å². The Morgan fingerprint density at radius 3 is 2.66 bits per heavy atom. The van der Waals surface area contributed by atoms with Crippen LogP contribution in [0.5, 0.6) is 0 Å². The summed E-state index contributed by atoms with van der Waals surface area (Å²) in [5.41, 5.74) is 4.13. The largest absolute Gasteiger partial charge is 0.448 e. The van der Waals surface area contributed by atoms with E-state index in [-0.39, 0.29) is 29.3 Å². The first kappa shape index (κ1) is 21.2. The predicted molar refractivity (Wildman–Crippen MR) is 91.2 cm³/mol. The molecule has 3 N–H and O–H groups in total. The lowest BCUT2D eigenvalue weighted by molar-refractivity contribution is -0.164. The lowest BCUT2D eigenvalue weighted by atomic mass is 10.0. The van der Waals surface area contributed by atoms with Crippen molar-refractivity contribution in [2.45, 2.75) is 37.1 Å². The number of benzene rings is 1. The molecule has 1 aromatic carbocycles. The number of ether oxygens (including phenoxy) is 1. The number of aromatic nitrogens is 3. The normalized spacial score (nSPS) is 16.6. The van der Waals surface area contributed by atoms with Crippen molar-refractivity contribution < 1.29 is 31.5 Å². The zero-order chi connectivity index (χ0) is 21.4. The zero-order valence-electron chi connectivity index (χ0n) is 14.6. The predicted octanol–water partition coefficient (Wildman–Crippen LogP) is 3.81. The van der Waals surface area contributed by atoms with Crippen molar-refractivity contribution in [3.05, 3.63) is 35.1 Å². The first-order valence-electron chi connectivity index (χ1n) is 8.29. The summed E-state index contributed by atoms with van der Waals surface area (Å²) in [7, 11) is 0. The van der Waals surface area contributed by atoms with E-state index in [1.165, 1.54) is 18.2 Å². The molecule has 1 aliphatic carbocycles. The van der Waals surface area contributed by atoms with Crippen LogP contribution in [0.1, 0.15) is 31.0 Å². The summed E-state index contributed by atoms with van der Waals surface area (Å²) in [5.74, 6) is -0.196. The lowest BCUT2D eigenvalue weighted by Gasteiger charge is -2.21. The lowest BCUT2D eigenvalue weighted by Crippen LogP contribution is -2.48. The van der Waals surface area contributed by atoms with Gasteiger partial charge in [0.1, 0.15) is 18.5 Å². The van der Waals surface area contributed by atoms with Gasteiger partial charge >= 0.3 is 18.8 Å². The Balaban J connectivity index is 1.68. The number of halogens is 6. The molecule has 1 heterocycles. The minimum atomic E-state index is -4.57. The van der Waals surface area contributed by atoms with Gasteiger partial charge in [-0.15, -0.1) is 0 Å². The van der Waals surface area contributed by atoms with Crippen molar-refractivity contribution in [3.8, 4) is 11.4 Å². The summed E-state index contributed by atoms with van der Waals surface area (Å²) in [6.07, 6.45) is -5.32. The van der Waals surface area contributed by atoms with Crippen molar-refractivity contribution >= 4 is 17.7 Å². The fourth-order valence-corrected chi connectivity index (χ4v) is 2.83. The van der Waals surface area contributed by atoms with Gasteiger partial charge in [-0.25, -0.2) is 9.78 Å². The van der Waals surface area contributed by atoms with Gasteiger partial charge in [0.05, 0.1) is 11.1 Å².